The minimum Gasteiger partial charge on any atom is -0.321 e. The summed E-state index contributed by atoms with van der Waals surface area (Å²) in [6.07, 6.45) is 0. The minimum absolute atomic E-state index is 0.258. The number of hydrogen-bond donors (Lipinski definition) is 1. The molecule has 0 saturated heterocycles. The van der Waals surface area contributed by atoms with E-state index < -0.39 is 0 Å². The molecule has 0 saturated carbocycles. The second-order valence-corrected chi connectivity index (χ2v) is 5.38. The van der Waals surface area contributed by atoms with E-state index in [-0.39, 0.29) is 11.7 Å². The first-order chi connectivity index (χ1) is 11.1. The van der Waals surface area contributed by atoms with Crippen LogP contribution in [-0.2, 0) is 0 Å². The molecule has 0 aromatic heterocycles. The molecule has 0 aliphatic heterocycles. The van der Waals surface area contributed by atoms with E-state index in [2.05, 4.69) is 5.32 Å². The van der Waals surface area contributed by atoms with Crippen LogP contribution in [0.1, 0.15) is 15.9 Å². The number of rotatable bonds is 3. The Labute approximate surface area is 134 Å². The minimum atomic E-state index is -0.359. The van der Waals surface area contributed by atoms with Gasteiger partial charge >= 0.3 is 0 Å². The van der Waals surface area contributed by atoms with Crippen molar-refractivity contribution < 1.29 is 9.18 Å². The highest BCUT2D eigenvalue weighted by atomic mass is 19.1. The topological polar surface area (TPSA) is 29.1 Å². The van der Waals surface area contributed by atoms with Crippen LogP contribution in [0.2, 0.25) is 0 Å². The van der Waals surface area contributed by atoms with E-state index in [0.29, 0.717) is 5.56 Å². The summed E-state index contributed by atoms with van der Waals surface area (Å²) in [5.74, 6) is -0.618. The van der Waals surface area contributed by atoms with Crippen molar-refractivity contribution in [1.82, 2.24) is 0 Å². The van der Waals surface area contributed by atoms with Gasteiger partial charge < -0.3 is 5.32 Å². The first kappa shape index (κ1) is 15.0. The van der Waals surface area contributed by atoms with Gasteiger partial charge in [0.1, 0.15) is 5.82 Å². The standard InChI is InChI=1S/C20H16FNO/c1-14-7-12-19(18(13-14)15-5-3-2-4-6-15)22-20(23)16-8-10-17(21)11-9-16/h2-13H,1H3,(H,22,23). The summed E-state index contributed by atoms with van der Waals surface area (Å²) in [4.78, 5) is 12.4. The Bertz CT molecular complexity index is 826. The summed E-state index contributed by atoms with van der Waals surface area (Å²) >= 11 is 0. The number of carbonyl (C=O) groups is 1. The van der Waals surface area contributed by atoms with Crippen LogP contribution < -0.4 is 5.32 Å². The van der Waals surface area contributed by atoms with Gasteiger partial charge in [-0.2, -0.15) is 0 Å². The third kappa shape index (κ3) is 3.46. The van der Waals surface area contributed by atoms with E-state index in [1.165, 1.54) is 24.3 Å². The maximum atomic E-state index is 13.0. The number of aryl methyl sites for hydroxylation is 1. The van der Waals surface area contributed by atoms with Gasteiger partial charge in [-0.25, -0.2) is 4.39 Å². The Kier molecular flexibility index (Phi) is 4.20. The average Bonchev–Trinajstić information content (AvgIpc) is 2.58. The summed E-state index contributed by atoms with van der Waals surface area (Å²) in [5, 5.41) is 2.91. The Morgan fingerprint density at radius 1 is 0.913 bits per heavy atom. The van der Waals surface area contributed by atoms with E-state index in [1.807, 2.05) is 55.5 Å². The zero-order valence-corrected chi connectivity index (χ0v) is 12.7. The summed E-state index contributed by atoms with van der Waals surface area (Å²) < 4.78 is 13.0. The fourth-order valence-corrected chi connectivity index (χ4v) is 2.42. The van der Waals surface area contributed by atoms with Gasteiger partial charge in [0.15, 0.2) is 0 Å². The molecule has 3 rings (SSSR count). The Morgan fingerprint density at radius 2 is 1.61 bits per heavy atom. The summed E-state index contributed by atoms with van der Waals surface area (Å²) in [5.41, 5.74) is 4.26. The van der Waals surface area contributed by atoms with Gasteiger partial charge in [-0.05, 0) is 48.9 Å². The second kappa shape index (κ2) is 6.44. The Morgan fingerprint density at radius 3 is 2.30 bits per heavy atom. The number of anilines is 1. The number of benzene rings is 3. The first-order valence-corrected chi connectivity index (χ1v) is 7.36. The largest absolute Gasteiger partial charge is 0.321 e. The molecule has 2 nitrogen and oxygen atoms in total. The molecule has 0 atom stereocenters. The molecule has 23 heavy (non-hydrogen) atoms. The maximum Gasteiger partial charge on any atom is 0.255 e. The van der Waals surface area contributed by atoms with E-state index in [1.54, 1.807) is 0 Å². The van der Waals surface area contributed by atoms with Crippen LogP contribution in [0.3, 0.4) is 0 Å². The molecule has 0 heterocycles. The van der Waals surface area contributed by atoms with Gasteiger partial charge in [0.05, 0.1) is 0 Å². The number of halogens is 1. The number of hydrogen-bond acceptors (Lipinski definition) is 1. The molecule has 3 aromatic carbocycles. The third-order valence-corrected chi connectivity index (χ3v) is 3.61. The molecule has 0 spiro atoms. The lowest BCUT2D eigenvalue weighted by atomic mass is 10.0. The zero-order chi connectivity index (χ0) is 16.2. The number of nitrogens with one attached hydrogen (secondary N) is 1. The summed E-state index contributed by atoms with van der Waals surface area (Å²) in [6, 6.07) is 21.3. The van der Waals surface area contributed by atoms with Crippen LogP contribution in [0.4, 0.5) is 10.1 Å². The van der Waals surface area contributed by atoms with Gasteiger partial charge in [0.2, 0.25) is 0 Å². The second-order valence-electron chi connectivity index (χ2n) is 5.38. The molecular weight excluding hydrogens is 289 g/mol. The van der Waals surface area contributed by atoms with E-state index in [0.717, 1.165) is 22.4 Å². The van der Waals surface area contributed by atoms with E-state index in [9.17, 15) is 9.18 Å². The summed E-state index contributed by atoms with van der Waals surface area (Å²) in [6.45, 7) is 2.01. The predicted octanol–water partition coefficient (Wildman–Crippen LogP) is 5.05. The first-order valence-electron chi connectivity index (χ1n) is 7.36. The Hall–Kier alpha value is -2.94. The van der Waals surface area contributed by atoms with Crippen LogP contribution in [0, 0.1) is 12.7 Å². The third-order valence-electron chi connectivity index (χ3n) is 3.61. The highest BCUT2D eigenvalue weighted by Gasteiger charge is 2.10. The molecule has 0 radical (unpaired) electrons. The van der Waals surface area contributed by atoms with Gasteiger partial charge in [-0.15, -0.1) is 0 Å². The van der Waals surface area contributed by atoms with Crippen LogP contribution in [0.25, 0.3) is 11.1 Å². The predicted molar refractivity (Wildman–Crippen MR) is 91.0 cm³/mol. The van der Waals surface area contributed by atoms with E-state index in [4.69, 9.17) is 0 Å². The van der Waals surface area contributed by atoms with Gasteiger partial charge in [0, 0.05) is 16.8 Å². The molecule has 1 amide bonds. The molecule has 0 aliphatic rings. The van der Waals surface area contributed by atoms with Crippen LogP contribution >= 0.6 is 0 Å². The van der Waals surface area contributed by atoms with Crippen molar-refractivity contribution in [2.75, 3.05) is 5.32 Å². The molecule has 0 unspecified atom stereocenters. The van der Waals surface area contributed by atoms with Crippen molar-refractivity contribution in [1.29, 1.82) is 0 Å². The van der Waals surface area contributed by atoms with Gasteiger partial charge in [-0.3, -0.25) is 4.79 Å². The van der Waals surface area contributed by atoms with Crippen molar-refractivity contribution in [3.05, 3.63) is 89.7 Å². The zero-order valence-electron chi connectivity index (χ0n) is 12.7. The fraction of sp³-hybridized carbons (Fsp3) is 0.0500. The van der Waals surface area contributed by atoms with Crippen molar-refractivity contribution in [3.8, 4) is 11.1 Å². The van der Waals surface area contributed by atoms with Gasteiger partial charge in [0.25, 0.3) is 5.91 Å². The number of amides is 1. The normalized spacial score (nSPS) is 10.3. The molecule has 0 bridgehead atoms. The summed E-state index contributed by atoms with van der Waals surface area (Å²) in [7, 11) is 0. The number of carbonyl (C=O) groups excluding carboxylic acids is 1. The lowest BCUT2D eigenvalue weighted by Gasteiger charge is -2.12. The van der Waals surface area contributed by atoms with Gasteiger partial charge in [-0.1, -0.05) is 42.0 Å². The molecule has 0 fully saturated rings. The SMILES string of the molecule is Cc1ccc(NC(=O)c2ccc(F)cc2)c(-c2ccccc2)c1. The lowest BCUT2D eigenvalue weighted by molar-refractivity contribution is 0.102. The van der Waals surface area contributed by atoms with Crippen molar-refractivity contribution in [2.45, 2.75) is 6.92 Å². The van der Waals surface area contributed by atoms with Crippen LogP contribution in [-0.4, -0.2) is 5.91 Å². The monoisotopic (exact) mass is 305 g/mol. The average molecular weight is 305 g/mol. The Balaban J connectivity index is 1.94. The van der Waals surface area contributed by atoms with E-state index >= 15 is 0 Å². The quantitative estimate of drug-likeness (QED) is 0.720. The molecule has 114 valence electrons. The fourth-order valence-electron chi connectivity index (χ4n) is 2.42. The molecule has 3 heteroatoms. The smallest absolute Gasteiger partial charge is 0.255 e. The molecule has 3 aromatic rings. The highest BCUT2D eigenvalue weighted by molar-refractivity contribution is 6.06. The van der Waals surface area contributed by atoms with Crippen molar-refractivity contribution in [2.24, 2.45) is 0 Å². The van der Waals surface area contributed by atoms with Crippen LogP contribution in [0.15, 0.2) is 72.8 Å². The highest BCUT2D eigenvalue weighted by Crippen LogP contribution is 2.29. The lowest BCUT2D eigenvalue weighted by Crippen LogP contribution is -2.12. The van der Waals surface area contributed by atoms with Crippen molar-refractivity contribution in [3.63, 3.8) is 0 Å². The van der Waals surface area contributed by atoms with Crippen molar-refractivity contribution >= 4 is 11.6 Å². The maximum absolute atomic E-state index is 13.0. The molecule has 1 N–H and O–H groups in total. The van der Waals surface area contributed by atoms with Crippen LogP contribution in [0.5, 0.6) is 0 Å². The molecular formula is C20H16FNO. The molecule has 0 aliphatic carbocycles.